The van der Waals surface area contributed by atoms with Gasteiger partial charge in [0.05, 0.1) is 0 Å². The summed E-state index contributed by atoms with van der Waals surface area (Å²) in [6.07, 6.45) is 4.73. The lowest BCUT2D eigenvalue weighted by molar-refractivity contribution is -0.174. The zero-order valence-corrected chi connectivity index (χ0v) is 16.1. The highest BCUT2D eigenvalue weighted by Crippen LogP contribution is 2.48. The number of halogens is 1. The van der Waals surface area contributed by atoms with Crippen LogP contribution in [0, 0.1) is 5.92 Å². The summed E-state index contributed by atoms with van der Waals surface area (Å²) < 4.78 is 12.5. The number of nitrogens with one attached hydrogen (secondary N) is 1. The summed E-state index contributed by atoms with van der Waals surface area (Å²) in [5.74, 6) is 0.00848. The zero-order chi connectivity index (χ0) is 17.4. The summed E-state index contributed by atoms with van der Waals surface area (Å²) in [7, 11) is 0. The predicted octanol–water partition coefficient (Wildman–Crippen LogP) is 3.17. The van der Waals surface area contributed by atoms with Gasteiger partial charge in [-0.25, -0.2) is 9.78 Å². The molecule has 1 saturated heterocycles. The van der Waals surface area contributed by atoms with Crippen LogP contribution in [-0.4, -0.2) is 35.7 Å². The molecule has 24 heavy (non-hydrogen) atoms. The maximum atomic E-state index is 12.2. The van der Waals surface area contributed by atoms with Crippen LogP contribution in [0.2, 0.25) is 0 Å². The van der Waals surface area contributed by atoms with Gasteiger partial charge in [-0.15, -0.1) is 0 Å². The molecule has 1 aliphatic heterocycles. The van der Waals surface area contributed by atoms with Crippen molar-refractivity contribution in [3.63, 3.8) is 0 Å². The van der Waals surface area contributed by atoms with Crippen LogP contribution < -0.4 is 5.32 Å². The van der Waals surface area contributed by atoms with Crippen molar-refractivity contribution in [2.45, 2.75) is 57.3 Å². The van der Waals surface area contributed by atoms with Crippen LogP contribution in [0.3, 0.4) is 0 Å². The van der Waals surface area contributed by atoms with E-state index >= 15 is 0 Å². The fourth-order valence-electron chi connectivity index (χ4n) is 3.87. The molecule has 1 aromatic rings. The molecule has 0 spiro atoms. The number of hydrogen-bond acceptors (Lipinski definition) is 5. The average molecular weight is 397 g/mol. The van der Waals surface area contributed by atoms with Crippen molar-refractivity contribution in [1.82, 2.24) is 10.3 Å². The third-order valence-electron chi connectivity index (χ3n) is 4.83. The second-order valence-corrected chi connectivity index (χ2v) is 8.43. The molecule has 3 rings (SSSR count). The van der Waals surface area contributed by atoms with Gasteiger partial charge in [0.15, 0.2) is 0 Å². The Hall–Kier alpha value is -0.980. The van der Waals surface area contributed by atoms with Gasteiger partial charge in [0.25, 0.3) is 0 Å². The molecule has 0 radical (unpaired) electrons. The third kappa shape index (κ3) is 3.65. The van der Waals surface area contributed by atoms with Gasteiger partial charge in [-0.05, 0) is 62.0 Å². The second-order valence-electron chi connectivity index (χ2n) is 7.68. The van der Waals surface area contributed by atoms with E-state index in [4.69, 9.17) is 9.47 Å². The molecule has 2 bridgehead atoms. The van der Waals surface area contributed by atoms with Crippen LogP contribution in [-0.2, 0) is 19.9 Å². The van der Waals surface area contributed by atoms with Gasteiger partial charge in [-0.1, -0.05) is 6.07 Å². The molecular weight excluding hydrogens is 372 g/mol. The summed E-state index contributed by atoms with van der Waals surface area (Å²) in [5, 5.41) is 3.56. The molecule has 0 amide bonds. The minimum Gasteiger partial charge on any atom is -0.458 e. The quantitative estimate of drug-likeness (QED) is 0.625. The summed E-state index contributed by atoms with van der Waals surface area (Å²) in [6, 6.07) is 4.53. The van der Waals surface area contributed by atoms with Crippen LogP contribution in [0.15, 0.2) is 22.9 Å². The maximum Gasteiger partial charge on any atom is 0.332 e. The van der Waals surface area contributed by atoms with Crippen molar-refractivity contribution in [2.24, 2.45) is 5.92 Å². The number of carbonyl (C=O) groups excluding carboxylic acids is 1. The van der Waals surface area contributed by atoms with Crippen LogP contribution in [0.25, 0.3) is 0 Å². The Balaban J connectivity index is 1.84. The Morgan fingerprint density at radius 2 is 2.29 bits per heavy atom. The number of nitrogens with zero attached hydrogens (tertiary/aromatic N) is 1. The third-order valence-corrected chi connectivity index (χ3v) is 5.46. The number of rotatable bonds is 4. The lowest BCUT2D eigenvalue weighted by Gasteiger charge is -2.42. The van der Waals surface area contributed by atoms with Gasteiger partial charge in [0.1, 0.15) is 22.4 Å². The predicted molar refractivity (Wildman–Crippen MR) is 94.5 cm³/mol. The zero-order valence-electron chi connectivity index (χ0n) is 14.5. The summed E-state index contributed by atoms with van der Waals surface area (Å²) in [4.78, 5) is 16.5. The first-order valence-corrected chi connectivity index (χ1v) is 9.30. The average Bonchev–Trinajstić information content (AvgIpc) is 2.90. The van der Waals surface area contributed by atoms with Crippen molar-refractivity contribution in [3.05, 3.63) is 28.5 Å². The van der Waals surface area contributed by atoms with E-state index in [0.717, 1.165) is 36.0 Å². The largest absolute Gasteiger partial charge is 0.458 e. The molecule has 1 aliphatic carbocycles. The number of pyridine rings is 1. The number of fused-ring (bicyclic) bond motifs is 2. The van der Waals surface area contributed by atoms with E-state index in [2.05, 4.69) is 26.2 Å². The van der Waals surface area contributed by atoms with Crippen LogP contribution in [0.1, 0.15) is 45.6 Å². The summed E-state index contributed by atoms with van der Waals surface area (Å²) >= 11 is 3.57. The van der Waals surface area contributed by atoms with Crippen molar-refractivity contribution in [3.8, 4) is 0 Å². The normalized spacial score (nSPS) is 29.5. The molecule has 2 heterocycles. The van der Waals surface area contributed by atoms with E-state index in [9.17, 15) is 4.79 Å². The Morgan fingerprint density at radius 3 is 3.00 bits per heavy atom. The number of aromatic nitrogens is 1. The first-order valence-electron chi connectivity index (χ1n) is 8.50. The van der Waals surface area contributed by atoms with Gasteiger partial charge in [0, 0.05) is 30.3 Å². The molecule has 1 N–H and O–H groups in total. The molecule has 132 valence electrons. The smallest absolute Gasteiger partial charge is 0.332 e. The highest BCUT2D eigenvalue weighted by Gasteiger charge is 2.50. The highest BCUT2D eigenvalue weighted by molar-refractivity contribution is 9.10. The summed E-state index contributed by atoms with van der Waals surface area (Å²) in [6.45, 7) is 6.46. The highest BCUT2D eigenvalue weighted by atomic mass is 79.9. The summed E-state index contributed by atoms with van der Waals surface area (Å²) in [5.41, 5.74) is 0.0275. The SMILES string of the molecule is CC(C)(C)OC(=O)COC1(c2cccnc2Br)CCC2CC1CN2. The van der Waals surface area contributed by atoms with E-state index < -0.39 is 11.2 Å². The molecule has 2 aliphatic rings. The fourth-order valence-corrected chi connectivity index (χ4v) is 4.46. The Labute approximate surface area is 151 Å². The Kier molecular flexibility index (Phi) is 5.00. The topological polar surface area (TPSA) is 60.5 Å². The second kappa shape index (κ2) is 6.73. The van der Waals surface area contributed by atoms with Crippen molar-refractivity contribution in [2.75, 3.05) is 13.2 Å². The van der Waals surface area contributed by atoms with Crippen LogP contribution >= 0.6 is 15.9 Å². The Morgan fingerprint density at radius 1 is 1.50 bits per heavy atom. The fraction of sp³-hybridized carbons (Fsp3) is 0.667. The molecule has 3 unspecified atom stereocenters. The monoisotopic (exact) mass is 396 g/mol. The van der Waals surface area contributed by atoms with Gasteiger partial charge < -0.3 is 14.8 Å². The number of esters is 1. The first-order chi connectivity index (χ1) is 11.3. The number of ether oxygens (including phenoxy) is 2. The van der Waals surface area contributed by atoms with Crippen molar-refractivity contribution >= 4 is 21.9 Å². The van der Waals surface area contributed by atoms with E-state index in [-0.39, 0.29) is 12.6 Å². The minimum atomic E-state index is -0.505. The van der Waals surface area contributed by atoms with Gasteiger partial charge in [-0.3, -0.25) is 0 Å². The van der Waals surface area contributed by atoms with Crippen molar-refractivity contribution < 1.29 is 14.3 Å². The molecule has 2 fully saturated rings. The molecule has 3 atom stereocenters. The lowest BCUT2D eigenvalue weighted by atomic mass is 9.72. The van der Waals surface area contributed by atoms with Gasteiger partial charge >= 0.3 is 5.97 Å². The standard InChI is InChI=1S/C18H25BrN2O3/c1-17(2,3)24-15(22)11-23-18(14-5-4-8-20-16(14)19)7-6-13-9-12(18)10-21-13/h4-5,8,12-13,21H,6-7,9-11H2,1-3H3. The minimum absolute atomic E-state index is 0.0419. The Bertz CT molecular complexity index is 617. The molecule has 5 nitrogen and oxygen atoms in total. The first kappa shape index (κ1) is 17.8. The molecule has 6 heteroatoms. The lowest BCUT2D eigenvalue weighted by Crippen LogP contribution is -2.43. The molecule has 0 aromatic carbocycles. The van der Waals surface area contributed by atoms with E-state index in [1.54, 1.807) is 6.20 Å². The van der Waals surface area contributed by atoms with Gasteiger partial charge in [-0.2, -0.15) is 0 Å². The number of hydrogen-bond donors (Lipinski definition) is 1. The van der Waals surface area contributed by atoms with Gasteiger partial charge in [0.2, 0.25) is 0 Å². The van der Waals surface area contributed by atoms with Crippen LogP contribution in [0.5, 0.6) is 0 Å². The van der Waals surface area contributed by atoms with Crippen LogP contribution in [0.4, 0.5) is 0 Å². The maximum absolute atomic E-state index is 12.2. The van der Waals surface area contributed by atoms with Crippen molar-refractivity contribution in [1.29, 1.82) is 0 Å². The molecule has 1 saturated carbocycles. The molecular formula is C18H25BrN2O3. The van der Waals surface area contributed by atoms with E-state index in [0.29, 0.717) is 12.0 Å². The molecule has 1 aromatic heterocycles. The number of carbonyl (C=O) groups is 1. The van der Waals surface area contributed by atoms with E-state index in [1.807, 2.05) is 32.9 Å². The van der Waals surface area contributed by atoms with E-state index in [1.165, 1.54) is 0 Å².